The number of carbonyl (C=O) groups is 10. The summed E-state index contributed by atoms with van der Waals surface area (Å²) in [7, 11) is 0. The molecule has 11 atom stereocenters. The molecular formula is C45H52N2O22. The lowest BCUT2D eigenvalue weighted by Gasteiger charge is -2.48. The van der Waals surface area contributed by atoms with Crippen LogP contribution in [0, 0.1) is 0 Å². The Morgan fingerprint density at radius 3 is 1.48 bits per heavy atom. The number of carbonyl (C=O) groups excluding carboxylic acids is 9. The fourth-order valence-electron chi connectivity index (χ4n) is 8.01. The molecule has 0 spiro atoms. The second kappa shape index (κ2) is 23.7. The molecule has 2 saturated heterocycles. The van der Waals surface area contributed by atoms with Crippen LogP contribution in [0.1, 0.15) is 71.9 Å². The van der Waals surface area contributed by atoms with E-state index in [4.69, 9.17) is 52.1 Å². The van der Waals surface area contributed by atoms with E-state index in [-0.39, 0.29) is 12.5 Å². The minimum Gasteiger partial charge on any atom is -0.480 e. The molecule has 0 bridgehead atoms. The zero-order valence-electron chi connectivity index (χ0n) is 38.4. The van der Waals surface area contributed by atoms with Crippen LogP contribution in [0.4, 0.5) is 4.79 Å². The molecule has 24 heteroatoms. The molecule has 2 heterocycles. The van der Waals surface area contributed by atoms with Gasteiger partial charge in [-0.1, -0.05) is 48.5 Å². The van der Waals surface area contributed by atoms with E-state index in [0.29, 0.717) is 0 Å². The molecule has 5 rings (SSSR count). The van der Waals surface area contributed by atoms with E-state index in [0.717, 1.165) is 70.7 Å². The highest BCUT2D eigenvalue weighted by molar-refractivity contribution is 5.87. The third-order valence-corrected chi connectivity index (χ3v) is 10.6. The second-order valence-electron chi connectivity index (χ2n) is 15.8. The molecule has 374 valence electrons. The van der Waals surface area contributed by atoms with Crippen molar-refractivity contribution in [2.75, 3.05) is 19.8 Å². The molecule has 0 aromatic heterocycles. The Labute approximate surface area is 393 Å². The number of carboxylic acids is 1. The number of fused-ring (bicyclic) bond motifs is 3. The normalized spacial score (nSPS) is 25.1. The summed E-state index contributed by atoms with van der Waals surface area (Å²) in [6, 6.07) is 13.1. The molecule has 2 aromatic carbocycles. The fraction of sp³-hybridized carbons (Fsp3) is 0.511. The van der Waals surface area contributed by atoms with Crippen molar-refractivity contribution in [3.63, 3.8) is 0 Å². The first kappa shape index (κ1) is 52.8. The Morgan fingerprint density at radius 2 is 0.986 bits per heavy atom. The lowest BCUT2D eigenvalue weighted by Crippen LogP contribution is -2.69. The van der Waals surface area contributed by atoms with Crippen LogP contribution >= 0.6 is 0 Å². The summed E-state index contributed by atoms with van der Waals surface area (Å²) in [4.78, 5) is 126. The van der Waals surface area contributed by atoms with Gasteiger partial charge in [-0.25, -0.2) is 9.59 Å². The summed E-state index contributed by atoms with van der Waals surface area (Å²) in [5.74, 6) is -9.82. The third kappa shape index (κ3) is 14.2. The van der Waals surface area contributed by atoms with E-state index in [9.17, 15) is 53.1 Å². The number of ether oxygens (including phenoxy) is 11. The summed E-state index contributed by atoms with van der Waals surface area (Å²) in [5, 5.41) is 14.6. The number of hydrogen-bond donors (Lipinski definition) is 3. The maximum atomic E-state index is 13.7. The lowest BCUT2D eigenvalue weighted by molar-refractivity contribution is -0.345. The van der Waals surface area contributed by atoms with E-state index < -0.39 is 147 Å². The summed E-state index contributed by atoms with van der Waals surface area (Å²) < 4.78 is 61.7. The van der Waals surface area contributed by atoms with Gasteiger partial charge in [0.1, 0.15) is 44.2 Å². The van der Waals surface area contributed by atoms with Gasteiger partial charge in [0.25, 0.3) is 0 Å². The van der Waals surface area contributed by atoms with E-state index in [1.807, 2.05) is 48.5 Å². The minimum absolute atomic E-state index is 0.180. The summed E-state index contributed by atoms with van der Waals surface area (Å²) >= 11 is 0. The third-order valence-electron chi connectivity index (χ3n) is 10.6. The summed E-state index contributed by atoms with van der Waals surface area (Å²) in [5.41, 5.74) is 3.67. The van der Waals surface area contributed by atoms with Crippen molar-refractivity contribution in [1.82, 2.24) is 10.6 Å². The first-order valence-corrected chi connectivity index (χ1v) is 21.4. The fourth-order valence-corrected chi connectivity index (χ4v) is 8.01. The number of aliphatic carboxylic acids is 1. The molecule has 2 aliphatic heterocycles. The maximum Gasteiger partial charge on any atom is 0.407 e. The number of rotatable bonds is 18. The van der Waals surface area contributed by atoms with Gasteiger partial charge in [-0.15, -0.1) is 0 Å². The van der Waals surface area contributed by atoms with Gasteiger partial charge in [-0.05, 0) is 22.3 Å². The smallest absolute Gasteiger partial charge is 0.407 e. The highest BCUT2D eigenvalue weighted by atomic mass is 16.8. The average Bonchev–Trinajstić information content (AvgIpc) is 3.57. The first-order chi connectivity index (χ1) is 32.6. The number of nitrogens with one attached hydrogen (secondary N) is 2. The van der Waals surface area contributed by atoms with Crippen molar-refractivity contribution in [1.29, 1.82) is 0 Å². The second-order valence-corrected chi connectivity index (χ2v) is 15.8. The van der Waals surface area contributed by atoms with Gasteiger partial charge in [0.15, 0.2) is 43.0 Å². The number of amides is 2. The van der Waals surface area contributed by atoms with Gasteiger partial charge in [0.05, 0.1) is 6.42 Å². The lowest BCUT2D eigenvalue weighted by atomic mass is 9.95. The quantitative estimate of drug-likeness (QED) is 0.139. The topological polar surface area (TPSA) is 317 Å². The molecule has 3 N–H and O–H groups in total. The first-order valence-electron chi connectivity index (χ1n) is 21.4. The van der Waals surface area contributed by atoms with Crippen LogP contribution in [0.25, 0.3) is 11.1 Å². The molecule has 0 unspecified atom stereocenters. The number of esters is 7. The van der Waals surface area contributed by atoms with Gasteiger partial charge in [-0.2, -0.15) is 0 Å². The van der Waals surface area contributed by atoms with Crippen molar-refractivity contribution in [3.05, 3.63) is 59.7 Å². The highest BCUT2D eigenvalue weighted by Crippen LogP contribution is 2.44. The largest absolute Gasteiger partial charge is 0.480 e. The standard InChI is InChI=1S/C45H52N2O22/c1-20(48)59-18-33-37(69-44-41(66-26(7)54)39(64-24(5)52)36(62-22(3)50)34(68-44)19-60-21(2)49)38(63-23(4)51)40(65-25(6)53)42(67-33)47-35(55)16-32(43(56)57)46-45(58)61-17-31-29-14-10-8-12-27(29)28-13-9-11-15-30(28)31/h8-15,31-34,36-42,44H,16-19H2,1-7H3,(H,46,58)(H,47,55)(H,56,57)/t32-,33+,34+,36+,37+,38-,39-,40+,41+,42+,44+/m0/s1. The number of alkyl carbamates (subject to hydrolysis) is 1. The molecule has 0 saturated carbocycles. The Balaban J connectivity index is 1.42. The van der Waals surface area contributed by atoms with Crippen molar-refractivity contribution in [2.24, 2.45) is 0 Å². The van der Waals surface area contributed by atoms with Gasteiger partial charge in [-0.3, -0.25) is 38.4 Å². The summed E-state index contributed by atoms with van der Waals surface area (Å²) in [6.45, 7) is 5.33. The van der Waals surface area contributed by atoms with Gasteiger partial charge >= 0.3 is 53.8 Å². The Hall–Kier alpha value is -7.18. The van der Waals surface area contributed by atoms with E-state index >= 15 is 0 Å². The zero-order chi connectivity index (χ0) is 50.7. The molecule has 2 fully saturated rings. The molecule has 0 radical (unpaired) electrons. The molecule has 2 aromatic rings. The monoisotopic (exact) mass is 972 g/mol. The van der Waals surface area contributed by atoms with Crippen LogP contribution in [0.2, 0.25) is 0 Å². The van der Waals surface area contributed by atoms with Crippen molar-refractivity contribution in [3.8, 4) is 11.1 Å². The maximum absolute atomic E-state index is 13.7. The Bertz CT molecular complexity index is 2240. The van der Waals surface area contributed by atoms with E-state index in [2.05, 4.69) is 10.6 Å². The molecule has 69 heavy (non-hydrogen) atoms. The predicted molar refractivity (Wildman–Crippen MR) is 226 cm³/mol. The van der Waals surface area contributed by atoms with Crippen molar-refractivity contribution < 1.29 is 105 Å². The van der Waals surface area contributed by atoms with Crippen LogP contribution in [-0.2, 0) is 95.3 Å². The molecule has 24 nitrogen and oxygen atoms in total. The number of hydrogen-bond acceptors (Lipinski definition) is 21. The van der Waals surface area contributed by atoms with Crippen LogP contribution in [0.3, 0.4) is 0 Å². The van der Waals surface area contributed by atoms with Gasteiger partial charge in [0, 0.05) is 54.4 Å². The van der Waals surface area contributed by atoms with Crippen molar-refractivity contribution in [2.45, 2.75) is 128 Å². The van der Waals surface area contributed by atoms with Gasteiger partial charge < -0.3 is 67.8 Å². The Morgan fingerprint density at radius 1 is 0.536 bits per heavy atom. The molecule has 2 amide bonds. The van der Waals surface area contributed by atoms with E-state index in [1.54, 1.807) is 0 Å². The minimum atomic E-state index is -1.96. The Kier molecular flexibility index (Phi) is 18.1. The van der Waals surface area contributed by atoms with Crippen molar-refractivity contribution >= 4 is 59.8 Å². The molecular weight excluding hydrogens is 920 g/mol. The SMILES string of the molecule is CC(=O)OC[C@H]1O[C@@H](NC(=O)C[C@H](NC(=O)OCC2c3ccccc3-c3ccccc32)C(=O)O)[C@H](OC(C)=O)[C@@H](OC(C)=O)[C@@H]1O[C@H]1O[C@H](COC(C)=O)[C@@H](OC(C)=O)[C@H](OC(C)=O)[C@H]1OC(C)=O. The van der Waals surface area contributed by atoms with Crippen LogP contribution < -0.4 is 10.6 Å². The molecule has 1 aliphatic carbocycles. The van der Waals surface area contributed by atoms with Crippen LogP contribution in [-0.4, -0.2) is 152 Å². The van der Waals surface area contributed by atoms with E-state index in [1.165, 1.54) is 0 Å². The zero-order valence-corrected chi connectivity index (χ0v) is 38.4. The van der Waals surface area contributed by atoms with Gasteiger partial charge in [0.2, 0.25) is 5.91 Å². The highest BCUT2D eigenvalue weighted by Gasteiger charge is 2.57. The summed E-state index contributed by atoms with van der Waals surface area (Å²) in [6.07, 6.45) is -19.9. The molecule has 3 aliphatic rings. The predicted octanol–water partition coefficient (Wildman–Crippen LogP) is 1.10. The van der Waals surface area contributed by atoms with Crippen LogP contribution in [0.15, 0.2) is 48.5 Å². The van der Waals surface area contributed by atoms with Crippen LogP contribution in [0.5, 0.6) is 0 Å². The number of benzene rings is 2. The number of carboxylic acid groups (broad SMARTS) is 1. The average molecular weight is 973 g/mol.